The number of thiophene rings is 1. The van der Waals surface area contributed by atoms with E-state index in [9.17, 15) is 9.18 Å². The zero-order valence-corrected chi connectivity index (χ0v) is 11.7. The summed E-state index contributed by atoms with van der Waals surface area (Å²) in [5.74, 6) is -0.447. The lowest BCUT2D eigenvalue weighted by atomic mass is 10.1. The van der Waals surface area contributed by atoms with Gasteiger partial charge < -0.3 is 0 Å². The van der Waals surface area contributed by atoms with E-state index >= 15 is 0 Å². The van der Waals surface area contributed by atoms with Gasteiger partial charge in [0.2, 0.25) is 0 Å². The van der Waals surface area contributed by atoms with Crippen molar-refractivity contribution in [1.29, 1.82) is 0 Å². The van der Waals surface area contributed by atoms with Crippen molar-refractivity contribution in [3.8, 4) is 0 Å². The van der Waals surface area contributed by atoms with Gasteiger partial charge in [0, 0.05) is 21.3 Å². The molecule has 0 N–H and O–H groups in total. The Morgan fingerprint density at radius 3 is 2.82 bits per heavy atom. The predicted octanol–water partition coefficient (Wildman–Crippen LogP) is 4.73. The van der Waals surface area contributed by atoms with E-state index in [0.29, 0.717) is 15.5 Å². The normalized spacial score (nSPS) is 10.5. The van der Waals surface area contributed by atoms with Gasteiger partial charge in [-0.25, -0.2) is 4.39 Å². The van der Waals surface area contributed by atoms with E-state index < -0.39 is 0 Å². The second kappa shape index (κ2) is 5.29. The molecule has 0 aliphatic heterocycles. The minimum atomic E-state index is -0.385. The second-order valence-corrected chi connectivity index (χ2v) is 5.70. The number of benzene rings is 1. The van der Waals surface area contributed by atoms with Crippen molar-refractivity contribution in [2.45, 2.75) is 6.42 Å². The molecule has 0 unspecified atom stereocenters. The average Bonchev–Trinajstić information content (AvgIpc) is 2.70. The van der Waals surface area contributed by atoms with Gasteiger partial charge in [0.15, 0.2) is 5.78 Å². The molecule has 2 rings (SSSR count). The number of rotatable bonds is 3. The van der Waals surface area contributed by atoms with E-state index in [0.717, 1.165) is 4.47 Å². The van der Waals surface area contributed by atoms with Crippen molar-refractivity contribution in [3.63, 3.8) is 0 Å². The van der Waals surface area contributed by atoms with Crippen LogP contribution in [0.3, 0.4) is 0 Å². The Morgan fingerprint density at radius 1 is 1.41 bits per heavy atom. The fraction of sp³-hybridized carbons (Fsp3) is 0.0833. The third kappa shape index (κ3) is 3.15. The molecule has 0 saturated carbocycles. The lowest BCUT2D eigenvalue weighted by molar-refractivity contribution is 0.0997. The highest BCUT2D eigenvalue weighted by Gasteiger charge is 2.12. The molecule has 0 bridgehead atoms. The summed E-state index contributed by atoms with van der Waals surface area (Å²) in [5, 5.41) is 2.25. The van der Waals surface area contributed by atoms with Crippen LogP contribution in [-0.2, 0) is 6.42 Å². The highest BCUT2D eigenvalue weighted by Crippen LogP contribution is 2.23. The fourth-order valence-corrected chi connectivity index (χ4v) is 2.95. The van der Waals surface area contributed by atoms with Crippen LogP contribution in [0.15, 0.2) is 34.1 Å². The largest absolute Gasteiger partial charge is 0.293 e. The molecule has 0 atom stereocenters. The van der Waals surface area contributed by atoms with E-state index in [1.54, 1.807) is 6.07 Å². The van der Waals surface area contributed by atoms with Gasteiger partial charge in [-0.1, -0.05) is 11.6 Å². The Morgan fingerprint density at radius 2 is 2.18 bits per heavy atom. The van der Waals surface area contributed by atoms with Crippen LogP contribution in [0.2, 0.25) is 5.02 Å². The summed E-state index contributed by atoms with van der Waals surface area (Å²) < 4.78 is 13.9. The van der Waals surface area contributed by atoms with Gasteiger partial charge in [0.25, 0.3) is 0 Å². The Hall–Kier alpha value is -0.710. The molecule has 0 radical (unpaired) electrons. The molecule has 17 heavy (non-hydrogen) atoms. The quantitative estimate of drug-likeness (QED) is 0.742. The minimum absolute atomic E-state index is 0.0619. The van der Waals surface area contributed by atoms with Gasteiger partial charge in [-0.05, 0) is 45.8 Å². The van der Waals surface area contributed by atoms with E-state index in [1.165, 1.54) is 29.5 Å². The SMILES string of the molecule is O=C(Cc1cc(F)ccc1Cl)c1cc(Br)cs1. The first-order valence-corrected chi connectivity index (χ1v) is 6.82. The molecule has 1 aromatic carbocycles. The number of hydrogen-bond donors (Lipinski definition) is 0. The smallest absolute Gasteiger partial charge is 0.177 e. The zero-order valence-electron chi connectivity index (χ0n) is 8.54. The van der Waals surface area contributed by atoms with Crippen molar-refractivity contribution in [2.75, 3.05) is 0 Å². The maximum Gasteiger partial charge on any atom is 0.177 e. The van der Waals surface area contributed by atoms with E-state index in [-0.39, 0.29) is 18.0 Å². The summed E-state index contributed by atoms with van der Waals surface area (Å²) >= 11 is 10.5. The first-order valence-electron chi connectivity index (χ1n) is 4.77. The van der Waals surface area contributed by atoms with Crippen LogP contribution >= 0.6 is 38.9 Å². The summed E-state index contributed by atoms with van der Waals surface area (Å²) in [6.07, 6.45) is 0.115. The molecule has 1 heterocycles. The molecule has 0 spiro atoms. The van der Waals surface area contributed by atoms with Crippen LogP contribution < -0.4 is 0 Å². The Kier molecular flexibility index (Phi) is 3.97. The molecule has 0 saturated heterocycles. The van der Waals surface area contributed by atoms with Crippen LogP contribution in [0.25, 0.3) is 0 Å². The predicted molar refractivity (Wildman–Crippen MR) is 71.5 cm³/mol. The first kappa shape index (κ1) is 12.7. The maximum atomic E-state index is 13.0. The fourth-order valence-electron chi connectivity index (χ4n) is 1.40. The van der Waals surface area contributed by atoms with E-state index in [2.05, 4.69) is 15.9 Å². The van der Waals surface area contributed by atoms with Gasteiger partial charge in [-0.2, -0.15) is 0 Å². The Bertz CT molecular complexity index is 567. The zero-order chi connectivity index (χ0) is 12.4. The van der Waals surface area contributed by atoms with Crippen molar-refractivity contribution in [1.82, 2.24) is 0 Å². The van der Waals surface area contributed by atoms with Gasteiger partial charge in [-0.3, -0.25) is 4.79 Å². The van der Waals surface area contributed by atoms with Crippen molar-refractivity contribution < 1.29 is 9.18 Å². The average molecular weight is 334 g/mol. The molecule has 1 aromatic heterocycles. The van der Waals surface area contributed by atoms with Crippen LogP contribution in [0.1, 0.15) is 15.2 Å². The molecule has 5 heteroatoms. The monoisotopic (exact) mass is 332 g/mol. The van der Waals surface area contributed by atoms with Crippen LogP contribution in [0.4, 0.5) is 4.39 Å². The summed E-state index contributed by atoms with van der Waals surface area (Å²) in [6.45, 7) is 0. The molecule has 0 aliphatic rings. The summed E-state index contributed by atoms with van der Waals surface area (Å²) in [5.41, 5.74) is 0.515. The van der Waals surface area contributed by atoms with Gasteiger partial charge in [0.05, 0.1) is 4.88 Å². The highest BCUT2D eigenvalue weighted by atomic mass is 79.9. The van der Waals surface area contributed by atoms with Crippen molar-refractivity contribution in [3.05, 3.63) is 55.4 Å². The number of Topliss-reactive ketones (excluding diaryl/α,β-unsaturated/α-hetero) is 1. The summed E-state index contributed by atoms with van der Waals surface area (Å²) in [6, 6.07) is 5.78. The third-order valence-electron chi connectivity index (χ3n) is 2.20. The summed E-state index contributed by atoms with van der Waals surface area (Å²) in [4.78, 5) is 12.5. The van der Waals surface area contributed by atoms with Crippen LogP contribution in [0, 0.1) is 5.82 Å². The number of hydrogen-bond acceptors (Lipinski definition) is 2. The number of carbonyl (C=O) groups is 1. The molecule has 0 fully saturated rings. The van der Waals surface area contributed by atoms with Crippen molar-refractivity contribution >= 4 is 44.7 Å². The van der Waals surface area contributed by atoms with E-state index in [1.807, 2.05) is 5.38 Å². The summed E-state index contributed by atoms with van der Waals surface area (Å²) in [7, 11) is 0. The molecule has 0 amide bonds. The van der Waals surface area contributed by atoms with Gasteiger partial charge >= 0.3 is 0 Å². The highest BCUT2D eigenvalue weighted by molar-refractivity contribution is 9.10. The number of ketones is 1. The Balaban J connectivity index is 2.21. The lowest BCUT2D eigenvalue weighted by Crippen LogP contribution is -2.02. The van der Waals surface area contributed by atoms with Gasteiger partial charge in [-0.15, -0.1) is 11.3 Å². The van der Waals surface area contributed by atoms with Crippen LogP contribution in [0.5, 0.6) is 0 Å². The molecule has 0 aliphatic carbocycles. The molecular formula is C12H7BrClFOS. The minimum Gasteiger partial charge on any atom is -0.293 e. The molecular weight excluding hydrogens is 327 g/mol. The van der Waals surface area contributed by atoms with Crippen molar-refractivity contribution in [2.24, 2.45) is 0 Å². The number of halogens is 3. The van der Waals surface area contributed by atoms with E-state index in [4.69, 9.17) is 11.6 Å². The second-order valence-electron chi connectivity index (χ2n) is 3.46. The molecule has 2 aromatic rings. The Labute approximate surface area is 115 Å². The molecule has 1 nitrogen and oxygen atoms in total. The lowest BCUT2D eigenvalue weighted by Gasteiger charge is -2.02. The van der Waals surface area contributed by atoms with Gasteiger partial charge in [0.1, 0.15) is 5.82 Å². The maximum absolute atomic E-state index is 13.0. The topological polar surface area (TPSA) is 17.1 Å². The first-order chi connectivity index (χ1) is 8.06. The number of carbonyl (C=O) groups excluding carboxylic acids is 1. The molecule has 88 valence electrons. The van der Waals surface area contributed by atoms with Crippen LogP contribution in [-0.4, -0.2) is 5.78 Å². The standard InChI is InChI=1S/C12H7BrClFOS/c13-8-5-12(17-6-8)11(16)4-7-3-9(15)1-2-10(7)14/h1-3,5-6H,4H2. The third-order valence-corrected chi connectivity index (χ3v) is 4.30.